The maximum absolute atomic E-state index is 13.9. The van der Waals surface area contributed by atoms with Crippen LogP contribution >= 0.6 is 15.9 Å². The summed E-state index contributed by atoms with van der Waals surface area (Å²) in [6.07, 6.45) is 1.51. The largest absolute Gasteiger partial charge is 0.381 e. The Bertz CT molecular complexity index is 598. The molecule has 19 heavy (non-hydrogen) atoms. The van der Waals surface area contributed by atoms with Crippen LogP contribution in [-0.2, 0) is 13.0 Å². The van der Waals surface area contributed by atoms with Gasteiger partial charge in [0.1, 0.15) is 11.6 Å². The molecule has 0 saturated carbocycles. The molecule has 1 aromatic carbocycles. The maximum Gasteiger partial charge on any atom is 0.169 e. The molecule has 7 heteroatoms. The van der Waals surface area contributed by atoms with Gasteiger partial charge in [-0.2, -0.15) is 0 Å². The van der Waals surface area contributed by atoms with Crippen LogP contribution in [0.1, 0.15) is 24.6 Å². The van der Waals surface area contributed by atoms with E-state index in [0.29, 0.717) is 17.9 Å². The Morgan fingerprint density at radius 2 is 2.11 bits per heavy atom. The predicted molar refractivity (Wildman–Crippen MR) is 71.6 cm³/mol. The van der Waals surface area contributed by atoms with Crippen molar-refractivity contribution in [3.05, 3.63) is 39.5 Å². The van der Waals surface area contributed by atoms with Crippen molar-refractivity contribution in [2.45, 2.75) is 26.3 Å². The third-order valence-corrected chi connectivity index (χ3v) is 3.41. The lowest BCUT2D eigenvalue weighted by atomic mass is 10.2. The van der Waals surface area contributed by atoms with Crippen LogP contribution in [-0.4, -0.2) is 15.0 Å². The fourth-order valence-corrected chi connectivity index (χ4v) is 2.20. The lowest BCUT2D eigenvalue weighted by molar-refractivity contribution is 0.517. The van der Waals surface area contributed by atoms with Crippen molar-refractivity contribution in [1.29, 1.82) is 0 Å². The quantitative estimate of drug-likeness (QED) is 0.877. The first-order chi connectivity index (χ1) is 9.04. The van der Waals surface area contributed by atoms with Gasteiger partial charge in [-0.05, 0) is 34.5 Å². The molecule has 1 heterocycles. The minimum Gasteiger partial charge on any atom is -0.381 e. The summed E-state index contributed by atoms with van der Waals surface area (Å²) in [4.78, 5) is 0. The molecule has 0 atom stereocenters. The fraction of sp³-hybridized carbons (Fsp3) is 0.333. The molecule has 2 rings (SSSR count). The average molecular weight is 331 g/mol. The SMILES string of the molecule is CCCc1c(N)nnn1Cc1c(F)ccc(Br)c1F. The lowest BCUT2D eigenvalue weighted by Crippen LogP contribution is -2.10. The van der Waals surface area contributed by atoms with Gasteiger partial charge in [0.2, 0.25) is 0 Å². The number of hydrogen-bond donors (Lipinski definition) is 1. The molecule has 0 amide bonds. The van der Waals surface area contributed by atoms with Gasteiger partial charge in [0.05, 0.1) is 16.7 Å². The molecule has 0 aliphatic carbocycles. The topological polar surface area (TPSA) is 56.7 Å². The van der Waals surface area contributed by atoms with E-state index in [-0.39, 0.29) is 16.6 Å². The molecule has 1 aromatic heterocycles. The number of nitrogens with two attached hydrogens (primary N) is 1. The van der Waals surface area contributed by atoms with Crippen LogP contribution in [0.15, 0.2) is 16.6 Å². The van der Waals surface area contributed by atoms with Crippen molar-refractivity contribution in [2.24, 2.45) is 0 Å². The van der Waals surface area contributed by atoms with E-state index < -0.39 is 11.6 Å². The molecule has 0 aliphatic heterocycles. The first-order valence-electron chi connectivity index (χ1n) is 5.84. The molecule has 4 nitrogen and oxygen atoms in total. The van der Waals surface area contributed by atoms with Gasteiger partial charge in [-0.1, -0.05) is 18.6 Å². The molecule has 0 bridgehead atoms. The minimum atomic E-state index is -0.628. The lowest BCUT2D eigenvalue weighted by Gasteiger charge is -2.09. The first kappa shape index (κ1) is 13.9. The summed E-state index contributed by atoms with van der Waals surface area (Å²) >= 11 is 3.04. The Kier molecular flexibility index (Phi) is 4.14. The maximum atomic E-state index is 13.9. The van der Waals surface area contributed by atoms with Gasteiger partial charge in [0, 0.05) is 5.56 Å². The molecule has 2 N–H and O–H groups in total. The van der Waals surface area contributed by atoms with Crippen LogP contribution in [0.5, 0.6) is 0 Å². The summed E-state index contributed by atoms with van der Waals surface area (Å²) in [7, 11) is 0. The molecular formula is C12H13BrF2N4. The molecule has 0 spiro atoms. The van der Waals surface area contributed by atoms with Crippen LogP contribution in [0.25, 0.3) is 0 Å². The second kappa shape index (κ2) is 5.64. The van der Waals surface area contributed by atoms with Crippen molar-refractivity contribution in [1.82, 2.24) is 15.0 Å². The zero-order chi connectivity index (χ0) is 14.0. The van der Waals surface area contributed by atoms with E-state index in [2.05, 4.69) is 26.2 Å². The molecular weight excluding hydrogens is 318 g/mol. The van der Waals surface area contributed by atoms with Crippen molar-refractivity contribution in [3.8, 4) is 0 Å². The van der Waals surface area contributed by atoms with Crippen LogP contribution in [0, 0.1) is 11.6 Å². The van der Waals surface area contributed by atoms with Crippen molar-refractivity contribution >= 4 is 21.7 Å². The van der Waals surface area contributed by atoms with Gasteiger partial charge in [-0.25, -0.2) is 13.5 Å². The normalized spacial score (nSPS) is 10.9. The summed E-state index contributed by atoms with van der Waals surface area (Å²) in [5.74, 6) is -0.939. The third-order valence-electron chi connectivity index (χ3n) is 2.80. The van der Waals surface area contributed by atoms with Crippen LogP contribution < -0.4 is 5.73 Å². The number of hydrogen-bond acceptors (Lipinski definition) is 3. The number of benzene rings is 1. The van der Waals surface area contributed by atoms with E-state index in [0.717, 1.165) is 6.42 Å². The molecule has 102 valence electrons. The zero-order valence-corrected chi connectivity index (χ0v) is 11.9. The number of rotatable bonds is 4. The Morgan fingerprint density at radius 1 is 1.37 bits per heavy atom. The molecule has 0 radical (unpaired) electrons. The Balaban J connectivity index is 2.39. The standard InChI is InChI=1S/C12H13BrF2N4/c1-2-3-10-12(16)17-18-19(10)6-7-9(14)5-4-8(13)11(7)15/h4-5H,2-3,6,16H2,1H3. The molecule has 0 aliphatic rings. The average Bonchev–Trinajstić information content (AvgIpc) is 2.72. The second-order valence-electron chi connectivity index (χ2n) is 4.15. The van der Waals surface area contributed by atoms with Crippen LogP contribution in [0.3, 0.4) is 0 Å². The fourth-order valence-electron chi connectivity index (χ4n) is 1.83. The number of nitrogens with zero attached hydrogens (tertiary/aromatic N) is 3. The number of aromatic nitrogens is 3. The van der Waals surface area contributed by atoms with E-state index in [1.54, 1.807) is 0 Å². The second-order valence-corrected chi connectivity index (χ2v) is 5.01. The first-order valence-corrected chi connectivity index (χ1v) is 6.64. The Morgan fingerprint density at radius 3 is 2.79 bits per heavy atom. The summed E-state index contributed by atoms with van der Waals surface area (Å²) in [6.45, 7) is 1.95. The summed E-state index contributed by atoms with van der Waals surface area (Å²) in [6, 6.07) is 2.54. The van der Waals surface area contributed by atoms with E-state index in [1.165, 1.54) is 16.8 Å². The predicted octanol–water partition coefficient (Wildman–Crippen LogP) is 2.90. The number of anilines is 1. The van der Waals surface area contributed by atoms with Crippen molar-refractivity contribution in [2.75, 3.05) is 5.73 Å². The van der Waals surface area contributed by atoms with Crippen LogP contribution in [0.4, 0.5) is 14.6 Å². The van der Waals surface area contributed by atoms with Gasteiger partial charge in [0.25, 0.3) is 0 Å². The van der Waals surface area contributed by atoms with Gasteiger partial charge < -0.3 is 5.73 Å². The molecule has 2 aromatic rings. The van der Waals surface area contributed by atoms with Gasteiger partial charge in [-0.3, -0.25) is 0 Å². The highest BCUT2D eigenvalue weighted by molar-refractivity contribution is 9.10. The van der Waals surface area contributed by atoms with Gasteiger partial charge >= 0.3 is 0 Å². The smallest absolute Gasteiger partial charge is 0.169 e. The van der Waals surface area contributed by atoms with Crippen LogP contribution in [0.2, 0.25) is 0 Å². The van der Waals surface area contributed by atoms with Crippen molar-refractivity contribution < 1.29 is 8.78 Å². The third kappa shape index (κ3) is 2.75. The highest BCUT2D eigenvalue weighted by Crippen LogP contribution is 2.23. The number of halogens is 3. The van der Waals surface area contributed by atoms with Crippen molar-refractivity contribution in [3.63, 3.8) is 0 Å². The Labute approximate surface area is 117 Å². The zero-order valence-electron chi connectivity index (χ0n) is 10.3. The van der Waals surface area contributed by atoms with E-state index in [4.69, 9.17) is 5.73 Å². The molecule has 0 fully saturated rings. The number of nitrogen functional groups attached to an aromatic ring is 1. The summed E-state index contributed by atoms with van der Waals surface area (Å²) in [5.41, 5.74) is 6.33. The molecule has 0 saturated heterocycles. The summed E-state index contributed by atoms with van der Waals surface area (Å²) < 4.78 is 29.2. The monoisotopic (exact) mass is 330 g/mol. The van der Waals surface area contributed by atoms with E-state index in [9.17, 15) is 8.78 Å². The van der Waals surface area contributed by atoms with E-state index in [1.807, 2.05) is 6.92 Å². The molecule has 0 unspecified atom stereocenters. The summed E-state index contributed by atoms with van der Waals surface area (Å²) in [5, 5.41) is 7.58. The van der Waals surface area contributed by atoms with Gasteiger partial charge in [0.15, 0.2) is 5.82 Å². The highest BCUT2D eigenvalue weighted by atomic mass is 79.9. The minimum absolute atomic E-state index is 0.0311. The highest BCUT2D eigenvalue weighted by Gasteiger charge is 2.16. The Hall–Kier alpha value is -1.50. The van der Waals surface area contributed by atoms with E-state index >= 15 is 0 Å². The van der Waals surface area contributed by atoms with Gasteiger partial charge in [-0.15, -0.1) is 5.10 Å².